The topological polar surface area (TPSA) is 52.4 Å². The summed E-state index contributed by atoms with van der Waals surface area (Å²) in [6, 6.07) is 3.57. The van der Waals surface area contributed by atoms with E-state index in [0.29, 0.717) is 12.4 Å². The standard InChI is InChI=1S/C11H14FNO3S/c1-2-17-7-3-6-16-9-4-5-11(13(14)15)10(12)8-9/h4-5,8H,2-3,6-7H2,1H3. The largest absolute Gasteiger partial charge is 0.493 e. The molecule has 0 atom stereocenters. The first-order chi connectivity index (χ1) is 8.15. The SMILES string of the molecule is CCSCCCOc1ccc([N+](=O)[O-])c(F)c1. The predicted octanol–water partition coefficient (Wildman–Crippen LogP) is 3.26. The maximum Gasteiger partial charge on any atom is 0.305 e. The zero-order chi connectivity index (χ0) is 12.7. The minimum atomic E-state index is -0.865. The minimum absolute atomic E-state index is 0.328. The lowest BCUT2D eigenvalue weighted by molar-refractivity contribution is -0.387. The van der Waals surface area contributed by atoms with Crippen molar-refractivity contribution in [2.24, 2.45) is 0 Å². The van der Waals surface area contributed by atoms with Gasteiger partial charge in [-0.3, -0.25) is 10.1 Å². The Bertz CT molecular complexity index is 387. The van der Waals surface area contributed by atoms with Gasteiger partial charge in [0, 0.05) is 12.1 Å². The highest BCUT2D eigenvalue weighted by Crippen LogP contribution is 2.22. The molecule has 0 heterocycles. The van der Waals surface area contributed by atoms with Gasteiger partial charge in [-0.15, -0.1) is 0 Å². The molecule has 0 saturated heterocycles. The summed E-state index contributed by atoms with van der Waals surface area (Å²) in [6.07, 6.45) is 0.872. The van der Waals surface area contributed by atoms with Crippen molar-refractivity contribution in [3.8, 4) is 5.75 Å². The van der Waals surface area contributed by atoms with Crippen molar-refractivity contribution in [2.75, 3.05) is 18.1 Å². The van der Waals surface area contributed by atoms with Crippen molar-refractivity contribution in [3.63, 3.8) is 0 Å². The smallest absolute Gasteiger partial charge is 0.305 e. The number of ether oxygens (including phenoxy) is 1. The van der Waals surface area contributed by atoms with Crippen molar-refractivity contribution >= 4 is 17.4 Å². The van der Waals surface area contributed by atoms with Gasteiger partial charge in [0.05, 0.1) is 11.5 Å². The number of halogens is 1. The summed E-state index contributed by atoms with van der Waals surface area (Å²) in [6.45, 7) is 2.57. The molecule has 0 radical (unpaired) electrons. The van der Waals surface area contributed by atoms with Crippen LogP contribution >= 0.6 is 11.8 Å². The van der Waals surface area contributed by atoms with Gasteiger partial charge in [0.2, 0.25) is 5.82 Å². The number of rotatable bonds is 7. The van der Waals surface area contributed by atoms with Gasteiger partial charge in [-0.1, -0.05) is 6.92 Å². The fourth-order valence-electron chi connectivity index (χ4n) is 1.22. The molecular formula is C11H14FNO3S. The number of nitrogens with zero attached hydrogens (tertiary/aromatic N) is 1. The van der Waals surface area contributed by atoms with E-state index in [1.807, 2.05) is 11.8 Å². The lowest BCUT2D eigenvalue weighted by Gasteiger charge is -2.05. The van der Waals surface area contributed by atoms with E-state index in [-0.39, 0.29) is 0 Å². The number of nitro groups is 1. The first-order valence-electron chi connectivity index (χ1n) is 5.29. The summed E-state index contributed by atoms with van der Waals surface area (Å²) in [7, 11) is 0. The van der Waals surface area contributed by atoms with Crippen LogP contribution in [0.4, 0.5) is 10.1 Å². The molecular weight excluding hydrogens is 245 g/mol. The molecule has 1 rings (SSSR count). The molecule has 0 fully saturated rings. The molecule has 0 aliphatic rings. The van der Waals surface area contributed by atoms with Crippen molar-refractivity contribution in [2.45, 2.75) is 13.3 Å². The molecule has 94 valence electrons. The average molecular weight is 259 g/mol. The van der Waals surface area contributed by atoms with Gasteiger partial charge in [0.25, 0.3) is 0 Å². The van der Waals surface area contributed by atoms with Gasteiger partial charge >= 0.3 is 5.69 Å². The molecule has 0 aliphatic carbocycles. The van der Waals surface area contributed by atoms with E-state index in [1.54, 1.807) is 0 Å². The second-order valence-electron chi connectivity index (χ2n) is 3.27. The Hall–Kier alpha value is -1.30. The van der Waals surface area contributed by atoms with Gasteiger partial charge in [-0.2, -0.15) is 16.2 Å². The third-order valence-corrected chi connectivity index (χ3v) is 3.01. The van der Waals surface area contributed by atoms with Gasteiger partial charge < -0.3 is 4.74 Å². The van der Waals surface area contributed by atoms with Crippen LogP contribution in [-0.4, -0.2) is 23.0 Å². The molecule has 17 heavy (non-hydrogen) atoms. The number of benzene rings is 1. The molecule has 6 heteroatoms. The summed E-state index contributed by atoms with van der Waals surface area (Å²) in [5.41, 5.74) is -0.529. The van der Waals surface area contributed by atoms with E-state index in [9.17, 15) is 14.5 Å². The molecule has 0 spiro atoms. The zero-order valence-corrected chi connectivity index (χ0v) is 10.3. The lowest BCUT2D eigenvalue weighted by Crippen LogP contribution is -2.00. The summed E-state index contributed by atoms with van der Waals surface area (Å²) >= 11 is 1.81. The molecule has 0 unspecified atom stereocenters. The minimum Gasteiger partial charge on any atom is -0.493 e. The van der Waals surface area contributed by atoms with Crippen LogP contribution in [0.5, 0.6) is 5.75 Å². The van der Waals surface area contributed by atoms with E-state index in [0.717, 1.165) is 30.1 Å². The molecule has 0 aliphatic heterocycles. The Morgan fingerprint density at radius 1 is 1.53 bits per heavy atom. The van der Waals surface area contributed by atoms with E-state index in [2.05, 4.69) is 6.92 Å². The number of hydrogen-bond donors (Lipinski definition) is 0. The maximum atomic E-state index is 13.2. The summed E-state index contributed by atoms with van der Waals surface area (Å²) in [4.78, 5) is 9.63. The van der Waals surface area contributed by atoms with Gasteiger partial charge in [0.15, 0.2) is 0 Å². The van der Waals surface area contributed by atoms with Crippen LogP contribution in [-0.2, 0) is 0 Å². The van der Waals surface area contributed by atoms with Crippen LogP contribution < -0.4 is 4.74 Å². The molecule has 0 aromatic heterocycles. The first kappa shape index (κ1) is 13.8. The normalized spacial score (nSPS) is 10.2. The van der Waals surface area contributed by atoms with E-state index in [4.69, 9.17) is 4.74 Å². The molecule has 0 N–H and O–H groups in total. The molecule has 1 aromatic rings. The summed E-state index contributed by atoms with van der Waals surface area (Å²) in [5, 5.41) is 10.4. The van der Waals surface area contributed by atoms with Crippen molar-refractivity contribution in [1.29, 1.82) is 0 Å². The van der Waals surface area contributed by atoms with Crippen LogP contribution in [0.1, 0.15) is 13.3 Å². The number of thioether (sulfide) groups is 1. The predicted molar refractivity (Wildman–Crippen MR) is 66.2 cm³/mol. The monoisotopic (exact) mass is 259 g/mol. The van der Waals surface area contributed by atoms with Crippen LogP contribution in [0.15, 0.2) is 18.2 Å². The maximum absolute atomic E-state index is 13.2. The Balaban J connectivity index is 2.45. The summed E-state index contributed by atoms with van der Waals surface area (Å²) < 4.78 is 18.5. The Morgan fingerprint density at radius 3 is 2.88 bits per heavy atom. The van der Waals surface area contributed by atoms with Crippen molar-refractivity contribution in [3.05, 3.63) is 34.1 Å². The Kier molecular flexibility index (Phi) is 5.76. The number of hydrogen-bond acceptors (Lipinski definition) is 4. The third-order valence-electron chi connectivity index (χ3n) is 2.02. The second kappa shape index (κ2) is 7.11. The molecule has 0 bridgehead atoms. The van der Waals surface area contributed by atoms with E-state index < -0.39 is 16.4 Å². The lowest BCUT2D eigenvalue weighted by atomic mass is 10.3. The number of nitro benzene ring substituents is 1. The van der Waals surface area contributed by atoms with Crippen molar-refractivity contribution in [1.82, 2.24) is 0 Å². The molecule has 4 nitrogen and oxygen atoms in total. The van der Waals surface area contributed by atoms with Crippen LogP contribution in [0.25, 0.3) is 0 Å². The highest BCUT2D eigenvalue weighted by atomic mass is 32.2. The highest BCUT2D eigenvalue weighted by molar-refractivity contribution is 7.99. The van der Waals surface area contributed by atoms with Gasteiger partial charge in [-0.05, 0) is 24.0 Å². The third kappa shape index (κ3) is 4.60. The highest BCUT2D eigenvalue weighted by Gasteiger charge is 2.13. The fourth-order valence-corrected chi connectivity index (χ4v) is 1.83. The van der Waals surface area contributed by atoms with E-state index >= 15 is 0 Å². The quantitative estimate of drug-likeness (QED) is 0.428. The second-order valence-corrected chi connectivity index (χ2v) is 4.66. The zero-order valence-electron chi connectivity index (χ0n) is 9.52. The van der Waals surface area contributed by atoms with Crippen LogP contribution in [0.2, 0.25) is 0 Å². The fraction of sp³-hybridized carbons (Fsp3) is 0.455. The van der Waals surface area contributed by atoms with Gasteiger partial charge in [-0.25, -0.2) is 0 Å². The first-order valence-corrected chi connectivity index (χ1v) is 6.45. The van der Waals surface area contributed by atoms with Crippen LogP contribution in [0, 0.1) is 15.9 Å². The van der Waals surface area contributed by atoms with Crippen LogP contribution in [0.3, 0.4) is 0 Å². The molecule has 0 amide bonds. The average Bonchev–Trinajstić information content (AvgIpc) is 2.28. The van der Waals surface area contributed by atoms with Crippen molar-refractivity contribution < 1.29 is 14.1 Å². The molecule has 0 saturated carbocycles. The Morgan fingerprint density at radius 2 is 2.29 bits per heavy atom. The van der Waals surface area contributed by atoms with Gasteiger partial charge in [0.1, 0.15) is 5.75 Å². The Labute approximate surface area is 103 Å². The molecule has 1 aromatic carbocycles. The summed E-state index contributed by atoms with van der Waals surface area (Å²) in [5.74, 6) is 1.52. The van der Waals surface area contributed by atoms with E-state index in [1.165, 1.54) is 6.07 Å².